The fraction of sp³-hybridized carbons (Fsp3) is 0. The van der Waals surface area contributed by atoms with E-state index in [1.807, 2.05) is 0 Å². The molecule has 11 aromatic rings. The molecule has 0 aliphatic rings. The van der Waals surface area contributed by atoms with Crippen molar-refractivity contribution in [3.8, 4) is 11.1 Å². The summed E-state index contributed by atoms with van der Waals surface area (Å²) in [5.41, 5.74) is 12.1. The van der Waals surface area contributed by atoms with E-state index in [4.69, 9.17) is 0 Å². The maximum Gasteiger partial charge on any atom is 0.179 e. The number of hydrogen-bond acceptors (Lipinski definition) is 3. The van der Waals surface area contributed by atoms with Gasteiger partial charge in [-0.25, -0.2) is 0 Å². The molecule has 0 aromatic heterocycles. The van der Waals surface area contributed by atoms with Crippen LogP contribution in [-0.4, -0.2) is 8.07 Å². The van der Waals surface area contributed by atoms with Gasteiger partial charge in [-0.15, -0.1) is 0 Å². The predicted molar refractivity (Wildman–Crippen MR) is 300 cm³/mol. The number of nitrogens with zero attached hydrogens (tertiary/aromatic N) is 3. The van der Waals surface area contributed by atoms with Gasteiger partial charge in [0.2, 0.25) is 0 Å². The second-order valence-electron chi connectivity index (χ2n) is 17.4. The molecule has 0 heterocycles. The summed E-state index contributed by atoms with van der Waals surface area (Å²) in [7, 11) is -2.64. The lowest BCUT2D eigenvalue weighted by atomic mass is 10.0. The van der Waals surface area contributed by atoms with Gasteiger partial charge in [0.05, 0.1) is 0 Å². The number of benzene rings is 11. The van der Waals surface area contributed by atoms with Gasteiger partial charge in [0.25, 0.3) is 0 Å². The first-order valence-corrected chi connectivity index (χ1v) is 25.9. The molecule has 70 heavy (non-hydrogen) atoms. The van der Waals surface area contributed by atoms with Crippen molar-refractivity contribution in [1.82, 2.24) is 0 Å². The lowest BCUT2D eigenvalue weighted by Crippen LogP contribution is -2.74. The van der Waals surface area contributed by atoms with Crippen LogP contribution in [0.5, 0.6) is 0 Å². The first-order valence-electron chi connectivity index (χ1n) is 23.9. The van der Waals surface area contributed by atoms with Gasteiger partial charge >= 0.3 is 0 Å². The fourth-order valence-electron chi connectivity index (χ4n) is 9.93. The minimum Gasteiger partial charge on any atom is -0.311 e. The molecule has 0 radical (unpaired) electrons. The number of hydrogen-bond donors (Lipinski definition) is 0. The van der Waals surface area contributed by atoms with Crippen molar-refractivity contribution in [3.05, 3.63) is 309 Å². The Balaban J connectivity index is 0.975. The van der Waals surface area contributed by atoms with Crippen molar-refractivity contribution in [1.29, 1.82) is 0 Å². The summed E-state index contributed by atoms with van der Waals surface area (Å²) >= 11 is 0. The predicted octanol–water partition coefficient (Wildman–Crippen LogP) is 15.1. The summed E-state index contributed by atoms with van der Waals surface area (Å²) in [6.45, 7) is 0. The fourth-order valence-corrected chi connectivity index (χ4v) is 14.7. The molecule has 0 spiro atoms. The van der Waals surface area contributed by atoms with Crippen LogP contribution in [0.3, 0.4) is 0 Å². The van der Waals surface area contributed by atoms with Gasteiger partial charge in [0.1, 0.15) is 0 Å². The summed E-state index contributed by atoms with van der Waals surface area (Å²) in [5.74, 6) is 0. The molecule has 0 aliphatic carbocycles. The average Bonchev–Trinajstić information content (AvgIpc) is 3.45. The molecule has 0 fully saturated rings. The zero-order valence-corrected chi connectivity index (χ0v) is 39.8. The first kappa shape index (κ1) is 43.6. The molecule has 0 N–H and O–H groups in total. The Kier molecular flexibility index (Phi) is 12.5. The van der Waals surface area contributed by atoms with Crippen molar-refractivity contribution in [2.75, 3.05) is 14.7 Å². The highest BCUT2D eigenvalue weighted by molar-refractivity contribution is 7.19. The van der Waals surface area contributed by atoms with Crippen LogP contribution in [0.15, 0.2) is 309 Å². The molecule has 0 unspecified atom stereocenters. The molecule has 0 saturated heterocycles. The normalized spacial score (nSPS) is 11.1. The van der Waals surface area contributed by atoms with E-state index < -0.39 is 8.07 Å². The van der Waals surface area contributed by atoms with Gasteiger partial charge in [0, 0.05) is 51.2 Å². The van der Waals surface area contributed by atoms with E-state index in [0.29, 0.717) is 0 Å². The first-order chi connectivity index (χ1) is 34.7. The highest BCUT2D eigenvalue weighted by atomic mass is 28.3. The topological polar surface area (TPSA) is 9.72 Å². The lowest BCUT2D eigenvalue weighted by molar-refractivity contribution is 1.24. The molecule has 11 aromatic carbocycles. The Hall–Kier alpha value is -8.96. The van der Waals surface area contributed by atoms with Crippen LogP contribution in [0, 0.1) is 0 Å². The summed E-state index contributed by atoms with van der Waals surface area (Å²) in [4.78, 5) is 6.96. The number of anilines is 9. The molecule has 0 aliphatic heterocycles. The molecule has 11 rings (SSSR count). The molecule has 334 valence electrons. The maximum absolute atomic E-state index is 2.64. The summed E-state index contributed by atoms with van der Waals surface area (Å²) in [6, 6.07) is 112. The molecule has 0 bridgehead atoms. The summed E-state index contributed by atoms with van der Waals surface area (Å²) in [5, 5.41) is 5.45. The van der Waals surface area contributed by atoms with Crippen LogP contribution in [-0.2, 0) is 0 Å². The van der Waals surface area contributed by atoms with Gasteiger partial charge in [-0.1, -0.05) is 200 Å². The second-order valence-corrected chi connectivity index (χ2v) is 21.2. The Labute approximate surface area is 413 Å². The zero-order valence-electron chi connectivity index (χ0n) is 38.8. The van der Waals surface area contributed by atoms with E-state index in [0.717, 1.165) is 56.7 Å². The minimum absolute atomic E-state index is 1.06. The Morgan fingerprint density at radius 2 is 0.329 bits per heavy atom. The van der Waals surface area contributed by atoms with Gasteiger partial charge in [0.15, 0.2) is 8.07 Å². The third-order valence-corrected chi connectivity index (χ3v) is 18.0. The van der Waals surface area contributed by atoms with Gasteiger partial charge in [-0.3, -0.25) is 0 Å². The van der Waals surface area contributed by atoms with E-state index in [1.54, 1.807) is 0 Å². The molecule has 0 atom stereocenters. The van der Waals surface area contributed by atoms with Crippen LogP contribution < -0.4 is 35.4 Å². The van der Waals surface area contributed by atoms with Gasteiger partial charge < -0.3 is 14.7 Å². The van der Waals surface area contributed by atoms with Crippen LogP contribution in [0.2, 0.25) is 0 Å². The monoisotopic (exact) mass is 913 g/mol. The van der Waals surface area contributed by atoms with Crippen LogP contribution >= 0.6 is 0 Å². The van der Waals surface area contributed by atoms with Crippen molar-refractivity contribution in [3.63, 3.8) is 0 Å². The molecule has 0 saturated carbocycles. The minimum atomic E-state index is -2.64. The van der Waals surface area contributed by atoms with Crippen molar-refractivity contribution in [2.24, 2.45) is 0 Å². The van der Waals surface area contributed by atoms with Crippen LogP contribution in [0.1, 0.15) is 0 Å². The smallest absolute Gasteiger partial charge is 0.179 e. The summed E-state index contributed by atoms with van der Waals surface area (Å²) < 4.78 is 0. The van der Waals surface area contributed by atoms with Gasteiger partial charge in [-0.05, 0) is 141 Å². The zero-order chi connectivity index (χ0) is 47.0. The molecule has 4 heteroatoms. The summed E-state index contributed by atoms with van der Waals surface area (Å²) in [6.07, 6.45) is 0. The standard InChI is InChI=1S/C66H51N3Si/c1-8-22-54(23-9-1)67(55-24-10-2-11-25-55)59-42-46-61(47-43-59)69(62-48-44-60(45-49-62)68(56-26-12-3-13-27-56)57-28-14-4-15-29-57)58-40-36-52(37-41-58)53-38-50-66(51-39-53)70(63-30-16-5-17-31-63,64-32-18-6-19-33-64)65-34-20-7-21-35-65/h1-51H. The quantitative estimate of drug-likeness (QED) is 0.0795. The average molecular weight is 914 g/mol. The van der Waals surface area contributed by atoms with E-state index in [-0.39, 0.29) is 0 Å². The number of para-hydroxylation sites is 4. The van der Waals surface area contributed by atoms with E-state index >= 15 is 0 Å². The molecule has 3 nitrogen and oxygen atoms in total. The van der Waals surface area contributed by atoms with Gasteiger partial charge in [-0.2, -0.15) is 0 Å². The molecular formula is C66H51N3Si. The largest absolute Gasteiger partial charge is 0.311 e. The maximum atomic E-state index is 2.38. The second kappa shape index (κ2) is 20.1. The number of rotatable bonds is 14. The molecule has 0 amide bonds. The SMILES string of the molecule is c1ccc(N(c2ccccc2)c2ccc(N(c3ccc(-c4ccc([Si](c5ccccc5)(c5ccccc5)c5ccccc5)cc4)cc3)c3ccc(N(c4ccccc4)c4ccccc4)cc3)cc2)cc1. The van der Waals surface area contributed by atoms with Crippen LogP contribution in [0.25, 0.3) is 11.1 Å². The Morgan fingerprint density at radius 3 is 0.571 bits per heavy atom. The Bertz CT molecular complexity index is 3060. The van der Waals surface area contributed by atoms with E-state index in [1.165, 1.54) is 26.3 Å². The van der Waals surface area contributed by atoms with Crippen molar-refractivity contribution >= 4 is 80.0 Å². The van der Waals surface area contributed by atoms with E-state index in [9.17, 15) is 0 Å². The third kappa shape index (κ3) is 8.72. The molecular weight excluding hydrogens is 863 g/mol. The Morgan fingerprint density at radius 1 is 0.157 bits per heavy atom. The van der Waals surface area contributed by atoms with Crippen molar-refractivity contribution < 1.29 is 0 Å². The van der Waals surface area contributed by atoms with Crippen molar-refractivity contribution in [2.45, 2.75) is 0 Å². The van der Waals surface area contributed by atoms with Crippen LogP contribution in [0.4, 0.5) is 51.2 Å². The van der Waals surface area contributed by atoms with E-state index in [2.05, 4.69) is 324 Å². The third-order valence-electron chi connectivity index (χ3n) is 13.2. The lowest BCUT2D eigenvalue weighted by Gasteiger charge is -2.34. The highest BCUT2D eigenvalue weighted by Gasteiger charge is 2.41. The highest BCUT2D eigenvalue weighted by Crippen LogP contribution is 2.41.